The summed E-state index contributed by atoms with van der Waals surface area (Å²) in [6.45, 7) is 0.217. The Bertz CT molecular complexity index is 565. The number of sulfonamides is 1. The van der Waals surface area contributed by atoms with Gasteiger partial charge in [-0.15, -0.1) is 0 Å². The van der Waals surface area contributed by atoms with Crippen LogP contribution in [0.3, 0.4) is 0 Å². The predicted octanol–water partition coefficient (Wildman–Crippen LogP) is 2.63. The maximum absolute atomic E-state index is 12.8. The van der Waals surface area contributed by atoms with Crippen LogP contribution in [0.2, 0.25) is 0 Å². The summed E-state index contributed by atoms with van der Waals surface area (Å²) in [7, 11) is -3.41. The molecule has 21 heavy (non-hydrogen) atoms. The first-order valence-electron chi connectivity index (χ1n) is 7.30. The van der Waals surface area contributed by atoms with Gasteiger partial charge in [0.2, 0.25) is 10.0 Å². The number of aliphatic carboxylic acids is 1. The van der Waals surface area contributed by atoms with E-state index in [4.69, 9.17) is 5.11 Å². The van der Waals surface area contributed by atoms with Crippen LogP contribution in [0.15, 0.2) is 30.3 Å². The van der Waals surface area contributed by atoms with Crippen LogP contribution in [0.5, 0.6) is 0 Å². The maximum Gasteiger partial charge on any atom is 0.303 e. The molecule has 0 aromatic heterocycles. The van der Waals surface area contributed by atoms with Gasteiger partial charge >= 0.3 is 5.97 Å². The van der Waals surface area contributed by atoms with Crippen LogP contribution >= 0.6 is 0 Å². The second-order valence-corrected chi connectivity index (χ2v) is 7.49. The van der Waals surface area contributed by atoms with E-state index in [9.17, 15) is 13.2 Å². The zero-order valence-corrected chi connectivity index (χ0v) is 12.8. The quantitative estimate of drug-likeness (QED) is 0.840. The lowest BCUT2D eigenvalue weighted by Crippen LogP contribution is -2.38. The lowest BCUT2D eigenvalue weighted by atomic mass is 10.3. The number of carboxylic acids is 1. The highest BCUT2D eigenvalue weighted by molar-refractivity contribution is 7.93. The van der Waals surface area contributed by atoms with Crippen molar-refractivity contribution >= 4 is 21.7 Å². The molecule has 1 aromatic carbocycles. The molecular weight excluding hydrogens is 290 g/mol. The molecule has 0 aliphatic heterocycles. The average molecular weight is 311 g/mol. The molecule has 0 radical (unpaired) electrons. The molecule has 0 heterocycles. The summed E-state index contributed by atoms with van der Waals surface area (Å²) >= 11 is 0. The Kier molecular flexibility index (Phi) is 5.22. The van der Waals surface area contributed by atoms with E-state index in [0.29, 0.717) is 24.9 Å². The molecule has 0 saturated heterocycles. The molecular formula is C15H21NO4S. The van der Waals surface area contributed by atoms with Gasteiger partial charge in [0.25, 0.3) is 0 Å². The van der Waals surface area contributed by atoms with Gasteiger partial charge in [0.05, 0.1) is 10.9 Å². The van der Waals surface area contributed by atoms with Gasteiger partial charge in [-0.3, -0.25) is 9.10 Å². The highest BCUT2D eigenvalue weighted by Gasteiger charge is 2.34. The third-order valence-electron chi connectivity index (χ3n) is 3.83. The van der Waals surface area contributed by atoms with Crippen LogP contribution in [0.1, 0.15) is 38.5 Å². The van der Waals surface area contributed by atoms with Crippen molar-refractivity contribution in [2.75, 3.05) is 10.8 Å². The molecule has 6 heteroatoms. The van der Waals surface area contributed by atoms with Crippen LogP contribution in [-0.2, 0) is 14.8 Å². The largest absolute Gasteiger partial charge is 0.481 e. The van der Waals surface area contributed by atoms with E-state index < -0.39 is 16.0 Å². The van der Waals surface area contributed by atoms with Crippen molar-refractivity contribution in [3.8, 4) is 0 Å². The number of hydrogen-bond donors (Lipinski definition) is 1. The second-order valence-electron chi connectivity index (χ2n) is 5.36. The minimum absolute atomic E-state index is 0.0243. The first kappa shape index (κ1) is 15.8. The number of benzene rings is 1. The summed E-state index contributed by atoms with van der Waals surface area (Å²) in [6, 6.07) is 8.94. The van der Waals surface area contributed by atoms with Gasteiger partial charge in [-0.05, 0) is 31.4 Å². The number of para-hydroxylation sites is 1. The summed E-state index contributed by atoms with van der Waals surface area (Å²) in [6.07, 6.45) is 3.58. The van der Waals surface area contributed by atoms with Gasteiger partial charge < -0.3 is 5.11 Å². The van der Waals surface area contributed by atoms with Crippen molar-refractivity contribution in [1.82, 2.24) is 0 Å². The summed E-state index contributed by atoms with van der Waals surface area (Å²) < 4.78 is 27.0. The molecule has 1 aromatic rings. The molecule has 0 amide bonds. The molecule has 1 aliphatic carbocycles. The van der Waals surface area contributed by atoms with Crippen molar-refractivity contribution in [2.24, 2.45) is 0 Å². The summed E-state index contributed by atoms with van der Waals surface area (Å²) in [5.41, 5.74) is 0.620. The Morgan fingerprint density at radius 2 is 1.81 bits per heavy atom. The van der Waals surface area contributed by atoms with Crippen LogP contribution in [-0.4, -0.2) is 31.3 Å². The smallest absolute Gasteiger partial charge is 0.303 e. The van der Waals surface area contributed by atoms with Crippen molar-refractivity contribution < 1.29 is 18.3 Å². The van der Waals surface area contributed by atoms with E-state index in [1.807, 2.05) is 6.07 Å². The van der Waals surface area contributed by atoms with E-state index in [1.54, 1.807) is 24.3 Å². The van der Waals surface area contributed by atoms with E-state index >= 15 is 0 Å². The van der Waals surface area contributed by atoms with Crippen molar-refractivity contribution in [2.45, 2.75) is 43.8 Å². The Morgan fingerprint density at radius 3 is 2.38 bits per heavy atom. The minimum atomic E-state index is -3.41. The highest BCUT2D eigenvalue weighted by Crippen LogP contribution is 2.30. The standard InChI is InChI=1S/C15H21NO4S/c17-15(18)11-6-12-16(13-7-2-1-3-8-13)21(19,20)14-9-4-5-10-14/h1-3,7-8,14H,4-6,9-12H2,(H,17,18). The Labute approximate surface area is 125 Å². The van der Waals surface area contributed by atoms with Gasteiger partial charge in [0, 0.05) is 13.0 Å². The molecule has 0 spiro atoms. The zero-order valence-electron chi connectivity index (χ0n) is 11.9. The Morgan fingerprint density at radius 1 is 1.19 bits per heavy atom. The lowest BCUT2D eigenvalue weighted by Gasteiger charge is -2.27. The predicted molar refractivity (Wildman–Crippen MR) is 81.8 cm³/mol. The number of nitrogens with zero attached hydrogens (tertiary/aromatic N) is 1. The Balaban J connectivity index is 2.20. The van der Waals surface area contributed by atoms with Gasteiger partial charge in [-0.25, -0.2) is 8.42 Å². The summed E-state index contributed by atoms with van der Waals surface area (Å²) in [5.74, 6) is -0.902. The van der Waals surface area contributed by atoms with E-state index in [0.717, 1.165) is 12.8 Å². The third-order valence-corrected chi connectivity index (χ3v) is 6.15. The maximum atomic E-state index is 12.8. The fourth-order valence-electron chi connectivity index (χ4n) is 2.74. The molecule has 1 aliphatic rings. The molecule has 0 bridgehead atoms. The first-order chi connectivity index (χ1) is 10.0. The highest BCUT2D eigenvalue weighted by atomic mass is 32.2. The number of carboxylic acid groups (broad SMARTS) is 1. The second kappa shape index (κ2) is 6.93. The first-order valence-corrected chi connectivity index (χ1v) is 8.80. The van der Waals surface area contributed by atoms with Crippen LogP contribution in [0.25, 0.3) is 0 Å². The topological polar surface area (TPSA) is 74.7 Å². The van der Waals surface area contributed by atoms with Gasteiger partial charge in [0.1, 0.15) is 0 Å². The van der Waals surface area contributed by atoms with Crippen molar-refractivity contribution in [3.63, 3.8) is 0 Å². The monoisotopic (exact) mass is 311 g/mol. The fraction of sp³-hybridized carbons (Fsp3) is 0.533. The third kappa shape index (κ3) is 3.97. The zero-order chi connectivity index (χ0) is 15.3. The minimum Gasteiger partial charge on any atom is -0.481 e. The summed E-state index contributed by atoms with van der Waals surface area (Å²) in [5, 5.41) is 8.41. The lowest BCUT2D eigenvalue weighted by molar-refractivity contribution is -0.137. The van der Waals surface area contributed by atoms with Crippen molar-refractivity contribution in [1.29, 1.82) is 0 Å². The number of rotatable bonds is 7. The number of carbonyl (C=O) groups is 1. The van der Waals surface area contributed by atoms with Gasteiger partial charge in [-0.2, -0.15) is 0 Å². The summed E-state index contributed by atoms with van der Waals surface area (Å²) in [4.78, 5) is 10.7. The van der Waals surface area contributed by atoms with Gasteiger partial charge in [-0.1, -0.05) is 31.0 Å². The number of hydrogen-bond acceptors (Lipinski definition) is 3. The van der Waals surface area contributed by atoms with Gasteiger partial charge in [0.15, 0.2) is 0 Å². The van der Waals surface area contributed by atoms with Crippen LogP contribution < -0.4 is 4.31 Å². The van der Waals surface area contributed by atoms with Crippen molar-refractivity contribution in [3.05, 3.63) is 30.3 Å². The van der Waals surface area contributed by atoms with Crippen LogP contribution in [0.4, 0.5) is 5.69 Å². The fourth-order valence-corrected chi connectivity index (χ4v) is 4.83. The normalized spacial score (nSPS) is 16.0. The van der Waals surface area contributed by atoms with E-state index in [2.05, 4.69) is 0 Å². The Hall–Kier alpha value is -1.56. The van der Waals surface area contributed by atoms with E-state index in [-0.39, 0.29) is 18.2 Å². The molecule has 1 N–H and O–H groups in total. The molecule has 0 unspecified atom stereocenters. The molecule has 1 saturated carbocycles. The molecule has 2 rings (SSSR count). The molecule has 1 fully saturated rings. The number of anilines is 1. The average Bonchev–Trinajstić information content (AvgIpc) is 2.99. The van der Waals surface area contributed by atoms with E-state index in [1.165, 1.54) is 4.31 Å². The van der Waals surface area contributed by atoms with Crippen LogP contribution in [0, 0.1) is 0 Å². The SMILES string of the molecule is O=C(O)CCCN(c1ccccc1)S(=O)(=O)C1CCCC1. The molecule has 0 atom stereocenters. The molecule has 5 nitrogen and oxygen atoms in total. The molecule has 116 valence electrons.